The van der Waals surface area contributed by atoms with Crippen LogP contribution < -0.4 is 9.47 Å². The highest BCUT2D eigenvalue weighted by Gasteiger charge is 2.21. The molecule has 4 N–H and O–H groups in total. The molecule has 10 heteroatoms. The SMILES string of the molecule is CCCCCCCCCCCCc1cc(-c2ccc(OCC(O)CO)c(CCCCCC)c2)sc1-c1ccc(-c2ccc(-c3sc(-c4ccc(OCC(O)CO)c(CCCCCC)c4)cc3CCCCCCCCCCCC)s2)s1. The van der Waals surface area contributed by atoms with E-state index in [4.69, 9.17) is 9.47 Å². The molecule has 80 heavy (non-hydrogen) atoms. The van der Waals surface area contributed by atoms with Gasteiger partial charge in [-0.1, -0.05) is 182 Å². The Morgan fingerprint density at radius 2 is 0.625 bits per heavy atom. The minimum absolute atomic E-state index is 0.0807. The second kappa shape index (κ2) is 38.5. The molecule has 442 valence electrons. The quantitative estimate of drug-likeness (QED) is 0.0284. The summed E-state index contributed by atoms with van der Waals surface area (Å²) in [7, 11) is 0. The van der Waals surface area contributed by atoms with Crippen molar-refractivity contribution in [1.82, 2.24) is 0 Å². The number of aliphatic hydroxyl groups excluding tert-OH is 4. The summed E-state index contributed by atoms with van der Waals surface area (Å²) in [6.45, 7) is 8.62. The molecule has 0 fully saturated rings. The molecule has 0 aliphatic carbocycles. The minimum atomic E-state index is -0.900. The van der Waals surface area contributed by atoms with Crippen LogP contribution in [0.5, 0.6) is 11.5 Å². The largest absolute Gasteiger partial charge is 0.491 e. The first-order valence-corrected chi connectivity index (χ1v) is 35.1. The highest BCUT2D eigenvalue weighted by molar-refractivity contribution is 7.29. The van der Waals surface area contributed by atoms with Crippen molar-refractivity contribution < 1.29 is 29.9 Å². The van der Waals surface area contributed by atoms with E-state index in [1.165, 1.54) is 239 Å². The maximum atomic E-state index is 10.1. The van der Waals surface area contributed by atoms with E-state index in [1.54, 1.807) is 0 Å². The van der Waals surface area contributed by atoms with E-state index >= 15 is 0 Å². The lowest BCUT2D eigenvalue weighted by molar-refractivity contribution is 0.0533. The van der Waals surface area contributed by atoms with E-state index in [0.717, 1.165) is 50.0 Å². The van der Waals surface area contributed by atoms with Gasteiger partial charge in [0.15, 0.2) is 0 Å². The van der Waals surface area contributed by atoms with Gasteiger partial charge >= 0.3 is 0 Å². The molecule has 2 aromatic carbocycles. The number of ether oxygens (including phenoxy) is 2. The summed E-state index contributed by atoms with van der Waals surface area (Å²) in [4.78, 5) is 10.7. The van der Waals surface area contributed by atoms with Crippen LogP contribution in [0.3, 0.4) is 0 Å². The van der Waals surface area contributed by atoms with E-state index in [0.29, 0.717) is 0 Å². The van der Waals surface area contributed by atoms with Crippen molar-refractivity contribution in [1.29, 1.82) is 0 Å². The lowest BCUT2D eigenvalue weighted by Crippen LogP contribution is -2.21. The number of benzene rings is 2. The van der Waals surface area contributed by atoms with Crippen LogP contribution in [-0.2, 0) is 25.7 Å². The maximum Gasteiger partial charge on any atom is 0.122 e. The normalized spacial score (nSPS) is 12.4. The van der Waals surface area contributed by atoms with Gasteiger partial charge in [0.2, 0.25) is 0 Å². The van der Waals surface area contributed by atoms with Crippen molar-refractivity contribution in [3.8, 4) is 61.6 Å². The molecule has 2 atom stereocenters. The maximum absolute atomic E-state index is 10.1. The molecular formula is C70H102O6S4. The molecule has 0 spiro atoms. The summed E-state index contributed by atoms with van der Waals surface area (Å²) < 4.78 is 12.2. The van der Waals surface area contributed by atoms with E-state index in [2.05, 4.69) is 100 Å². The lowest BCUT2D eigenvalue weighted by atomic mass is 10.0. The summed E-state index contributed by atoms with van der Waals surface area (Å²) in [6, 6.07) is 27.6. The monoisotopic (exact) mass is 1170 g/mol. The van der Waals surface area contributed by atoms with Crippen molar-refractivity contribution in [2.24, 2.45) is 0 Å². The highest BCUT2D eigenvalue weighted by atomic mass is 32.1. The van der Waals surface area contributed by atoms with Gasteiger partial charge in [-0.2, -0.15) is 0 Å². The topological polar surface area (TPSA) is 99.4 Å². The van der Waals surface area contributed by atoms with Gasteiger partial charge in [0.1, 0.15) is 36.9 Å². The molecule has 0 amide bonds. The van der Waals surface area contributed by atoms with Gasteiger partial charge in [0, 0.05) is 39.0 Å². The predicted molar refractivity (Wildman–Crippen MR) is 349 cm³/mol. The number of rotatable bonds is 45. The molecule has 2 unspecified atom stereocenters. The fourth-order valence-electron chi connectivity index (χ4n) is 10.8. The zero-order chi connectivity index (χ0) is 56.6. The van der Waals surface area contributed by atoms with Crippen molar-refractivity contribution in [2.75, 3.05) is 26.4 Å². The van der Waals surface area contributed by atoms with Gasteiger partial charge in [-0.05, 0) is 158 Å². The van der Waals surface area contributed by atoms with Crippen molar-refractivity contribution in [3.05, 3.63) is 95.1 Å². The van der Waals surface area contributed by atoms with Gasteiger partial charge < -0.3 is 29.9 Å². The molecule has 0 aliphatic rings. The van der Waals surface area contributed by atoms with E-state index in [-0.39, 0.29) is 26.4 Å². The van der Waals surface area contributed by atoms with Crippen LogP contribution in [0.1, 0.15) is 230 Å². The van der Waals surface area contributed by atoms with Gasteiger partial charge in [0.05, 0.1) is 13.2 Å². The number of hydrogen-bond donors (Lipinski definition) is 4. The Balaban J connectivity index is 1.26. The Hall–Kier alpha value is -3.32. The fourth-order valence-corrected chi connectivity index (χ4v) is 15.6. The average molecular weight is 1170 g/mol. The Kier molecular flexibility index (Phi) is 31.7. The molecule has 6 nitrogen and oxygen atoms in total. The smallest absolute Gasteiger partial charge is 0.122 e. The lowest BCUT2D eigenvalue weighted by Gasteiger charge is -2.15. The van der Waals surface area contributed by atoms with Gasteiger partial charge in [-0.15, -0.1) is 45.3 Å². The standard InChI is InChI=1S/C70H102O6S4/c1-5-9-13-17-19-21-23-25-27-31-35-57-47-67(55-37-39-61(75-51-59(73)49-71)53(45-55)33-29-15-11-7-3)79-69(57)65-43-41-63(77-65)64-42-44-66(78-64)70-58(36-32-28-26-24-22-20-18-14-10-6-2)48-68(80-70)56-38-40-62(76-52-60(74)50-72)54(46-56)34-30-16-12-8-4/h37-48,59-60,71-74H,5-36,49-52H2,1-4H3. The van der Waals surface area contributed by atoms with Crippen molar-refractivity contribution in [2.45, 2.75) is 245 Å². The molecule has 4 heterocycles. The van der Waals surface area contributed by atoms with Crippen LogP contribution in [-0.4, -0.2) is 59.1 Å². The first kappa shape index (κ1) is 65.8. The van der Waals surface area contributed by atoms with Crippen molar-refractivity contribution in [3.63, 3.8) is 0 Å². The molecule has 6 rings (SSSR count). The van der Waals surface area contributed by atoms with Crippen LogP contribution in [0.15, 0.2) is 72.8 Å². The van der Waals surface area contributed by atoms with Gasteiger partial charge in [-0.3, -0.25) is 0 Å². The number of aliphatic hydroxyl groups is 4. The molecule has 0 saturated heterocycles. The zero-order valence-electron chi connectivity index (χ0n) is 49.8. The molecule has 0 aliphatic heterocycles. The van der Waals surface area contributed by atoms with E-state index in [1.807, 2.05) is 45.3 Å². The molecule has 0 radical (unpaired) electrons. The molecule has 0 bridgehead atoms. The van der Waals surface area contributed by atoms with E-state index in [9.17, 15) is 20.4 Å². The third-order valence-corrected chi connectivity index (χ3v) is 20.9. The Morgan fingerprint density at radius 1 is 0.325 bits per heavy atom. The van der Waals surface area contributed by atoms with Crippen molar-refractivity contribution >= 4 is 45.3 Å². The molecule has 4 aromatic heterocycles. The summed E-state index contributed by atoms with van der Waals surface area (Å²) in [5.41, 5.74) is 7.70. The molecule has 0 saturated carbocycles. The zero-order valence-corrected chi connectivity index (χ0v) is 53.0. The number of thiophene rings is 4. The Labute approximate surface area is 500 Å². The molecular weight excluding hydrogens is 1070 g/mol. The first-order valence-electron chi connectivity index (χ1n) is 31.8. The highest BCUT2D eigenvalue weighted by Crippen LogP contribution is 2.48. The molecule has 6 aromatic rings. The number of aryl methyl sites for hydroxylation is 4. The summed E-state index contributed by atoms with van der Waals surface area (Å²) in [5.74, 6) is 1.62. The van der Waals surface area contributed by atoms with Crippen LogP contribution in [0.4, 0.5) is 0 Å². The Bertz CT molecular complexity index is 2410. The summed E-state index contributed by atoms with van der Waals surface area (Å²) in [6.07, 6.45) is 38.1. The van der Waals surface area contributed by atoms with Gasteiger partial charge in [-0.25, -0.2) is 0 Å². The van der Waals surface area contributed by atoms with Crippen LogP contribution >= 0.6 is 45.3 Å². The third kappa shape index (κ3) is 22.4. The summed E-state index contributed by atoms with van der Waals surface area (Å²) >= 11 is 7.73. The fraction of sp³-hybridized carbons (Fsp3) is 0.600. The summed E-state index contributed by atoms with van der Waals surface area (Å²) in [5, 5.41) is 39.3. The third-order valence-electron chi connectivity index (χ3n) is 15.7. The van der Waals surface area contributed by atoms with Crippen LogP contribution in [0.25, 0.3) is 50.1 Å². The number of hydrogen-bond acceptors (Lipinski definition) is 10. The number of unbranched alkanes of at least 4 members (excludes halogenated alkanes) is 24. The van der Waals surface area contributed by atoms with Crippen LogP contribution in [0, 0.1) is 0 Å². The second-order valence-electron chi connectivity index (χ2n) is 22.7. The minimum Gasteiger partial charge on any atom is -0.491 e. The Morgan fingerprint density at radius 3 is 0.963 bits per heavy atom. The van der Waals surface area contributed by atoms with Gasteiger partial charge in [0.25, 0.3) is 0 Å². The second-order valence-corrected chi connectivity index (χ2v) is 27.0. The first-order chi connectivity index (χ1) is 39.3. The predicted octanol–water partition coefficient (Wildman–Crippen LogP) is 20.9. The average Bonchev–Trinajstić information content (AvgIpc) is 4.35. The van der Waals surface area contributed by atoms with Crippen LogP contribution in [0.2, 0.25) is 0 Å². The van der Waals surface area contributed by atoms with E-state index < -0.39 is 12.2 Å².